The van der Waals surface area contributed by atoms with Gasteiger partial charge in [-0.25, -0.2) is 29.9 Å². The number of nitrogen functional groups attached to an aromatic ring is 1. The third kappa shape index (κ3) is 10.8. The quantitative estimate of drug-likeness (QED) is 0.119. The summed E-state index contributed by atoms with van der Waals surface area (Å²) in [7, 11) is 0. The summed E-state index contributed by atoms with van der Waals surface area (Å²) in [6.45, 7) is 0. The summed E-state index contributed by atoms with van der Waals surface area (Å²) in [5, 5.41) is 6.85. The highest BCUT2D eigenvalue weighted by Gasteiger charge is 2.23. The molecule has 16 aromatic rings. The highest BCUT2D eigenvalue weighted by molar-refractivity contribution is 9.11. The minimum atomic E-state index is 0.499. The second-order valence-electron chi connectivity index (χ2n) is 20.8. The number of hydrogen-bond acceptors (Lipinski definition) is 7. The van der Waals surface area contributed by atoms with E-state index in [9.17, 15) is 0 Å². The minimum Gasteiger partial charge on any atom is -0.398 e. The van der Waals surface area contributed by atoms with E-state index in [-0.39, 0.29) is 0 Å². The second-order valence-corrected chi connectivity index (χ2v) is 22.8. The van der Waals surface area contributed by atoms with Gasteiger partial charge in [0.25, 0.3) is 0 Å². The van der Waals surface area contributed by atoms with Gasteiger partial charge >= 0.3 is 0 Å². The lowest BCUT2D eigenvalue weighted by molar-refractivity contribution is 1.05. The summed E-state index contributed by atoms with van der Waals surface area (Å²) < 4.78 is 6.51. The molecule has 16 rings (SSSR count). The molecule has 2 N–H and O–H groups in total. The van der Waals surface area contributed by atoms with Crippen molar-refractivity contribution in [3.63, 3.8) is 0 Å². The second kappa shape index (κ2) is 24.1. The van der Waals surface area contributed by atoms with Gasteiger partial charge < -0.3 is 5.73 Å². The Balaban J connectivity index is 0.000000137. The summed E-state index contributed by atoms with van der Waals surface area (Å²) in [5.74, 6) is 2.95. The Morgan fingerprint density at radius 2 is 0.724 bits per heavy atom. The lowest BCUT2D eigenvalue weighted by atomic mass is 10.0. The molecule has 0 spiro atoms. The standard InChI is InChI=1S/C38H25BrN4.C31H19ClN4.C6H6BrN/c39-31-21-11-7-17-27(31)23-33-28-18-8-9-19-29(28)37-36(40-33)30-20-10-12-22-34(30)43(37)35-24-32(25-13-3-1-4-14-25)41-38(42-35)26-15-5-2-6-16-26;32-30-23-16-8-7-15-22(23)29-28(35-30)24-17-9-10-18-26(24)36(29)27-19-25(20-11-3-1-4-12-20)33-31(34-27)21-13-5-2-6-14-21;7-5-3-1-2-4-6(5)8/h1-22,24H,23H2;1-19H;1-4H,8H2. The normalized spacial score (nSPS) is 11.3. The third-order valence-electron chi connectivity index (χ3n) is 15.4. The smallest absolute Gasteiger partial charge is 0.162 e. The average Bonchev–Trinajstić information content (AvgIpc) is 1.65. The van der Waals surface area contributed by atoms with E-state index in [2.05, 4.69) is 174 Å². The summed E-state index contributed by atoms with van der Waals surface area (Å²) >= 11 is 13.7. The van der Waals surface area contributed by atoms with E-state index in [1.54, 1.807) is 0 Å². The van der Waals surface area contributed by atoms with E-state index >= 15 is 0 Å². The fourth-order valence-corrected chi connectivity index (χ4v) is 12.2. The number of hydrogen-bond donors (Lipinski definition) is 1. The Kier molecular flexibility index (Phi) is 15.1. The van der Waals surface area contributed by atoms with Crippen molar-refractivity contribution in [3.8, 4) is 56.9 Å². The Morgan fingerprint density at radius 3 is 1.20 bits per heavy atom. The van der Waals surface area contributed by atoms with Crippen LogP contribution in [0.15, 0.2) is 288 Å². The lowest BCUT2D eigenvalue weighted by Crippen LogP contribution is -2.03. The molecule has 0 amide bonds. The van der Waals surface area contributed by atoms with Crippen LogP contribution in [0.1, 0.15) is 11.3 Å². The van der Waals surface area contributed by atoms with Crippen LogP contribution < -0.4 is 5.73 Å². The topological polar surface area (TPSA) is 113 Å². The molecule has 0 saturated heterocycles. The molecule has 0 bridgehead atoms. The molecule has 0 unspecified atom stereocenters. The molecule has 0 fully saturated rings. The number of aromatic nitrogens is 8. The number of anilines is 1. The molecular formula is C75H50Br2ClN9. The van der Waals surface area contributed by atoms with Crippen molar-refractivity contribution in [1.82, 2.24) is 39.0 Å². The largest absolute Gasteiger partial charge is 0.398 e. The van der Waals surface area contributed by atoms with E-state index in [1.165, 1.54) is 5.56 Å². The number of nitrogens with two attached hydrogens (primary N) is 1. The van der Waals surface area contributed by atoms with Crippen LogP contribution in [0.3, 0.4) is 0 Å². The predicted molar refractivity (Wildman–Crippen MR) is 366 cm³/mol. The highest BCUT2D eigenvalue weighted by atomic mass is 79.9. The van der Waals surface area contributed by atoms with Crippen molar-refractivity contribution >= 4 is 115 Å². The summed E-state index contributed by atoms with van der Waals surface area (Å²) in [6, 6.07) is 94.4. The summed E-state index contributed by atoms with van der Waals surface area (Å²) in [4.78, 5) is 30.5. The summed E-state index contributed by atoms with van der Waals surface area (Å²) in [6.07, 6.45) is 0.723. The first kappa shape index (κ1) is 54.7. The number of fused-ring (bicyclic) bond motifs is 10. The average molecular weight is 1270 g/mol. The molecule has 10 aromatic carbocycles. The van der Waals surface area contributed by atoms with Crippen LogP contribution in [0.2, 0.25) is 5.15 Å². The zero-order valence-corrected chi connectivity index (χ0v) is 50.5. The number of benzene rings is 10. The maximum atomic E-state index is 6.66. The number of halogens is 3. The fraction of sp³-hybridized carbons (Fsp3) is 0.0133. The van der Waals surface area contributed by atoms with E-state index in [4.69, 9.17) is 47.2 Å². The molecule has 0 saturated carbocycles. The molecule has 0 atom stereocenters. The Hall–Kier alpha value is -10.2. The van der Waals surface area contributed by atoms with Gasteiger partial charge in [0.15, 0.2) is 11.6 Å². The molecule has 0 aliphatic rings. The molecule has 87 heavy (non-hydrogen) atoms. The van der Waals surface area contributed by atoms with Crippen LogP contribution >= 0.6 is 43.5 Å². The van der Waals surface area contributed by atoms with Gasteiger partial charge in [0.2, 0.25) is 0 Å². The van der Waals surface area contributed by atoms with Crippen LogP contribution in [0.5, 0.6) is 0 Å². The molecule has 6 heterocycles. The van der Waals surface area contributed by atoms with Crippen molar-refractivity contribution in [1.29, 1.82) is 0 Å². The van der Waals surface area contributed by atoms with E-state index in [0.717, 1.165) is 137 Å². The first-order valence-corrected chi connectivity index (χ1v) is 30.3. The molecule has 9 nitrogen and oxygen atoms in total. The van der Waals surface area contributed by atoms with Gasteiger partial charge in [0.05, 0.1) is 50.2 Å². The van der Waals surface area contributed by atoms with Gasteiger partial charge in [0.1, 0.15) is 16.8 Å². The zero-order chi connectivity index (χ0) is 58.8. The minimum absolute atomic E-state index is 0.499. The van der Waals surface area contributed by atoms with Crippen molar-refractivity contribution in [2.24, 2.45) is 0 Å². The molecule has 6 aromatic heterocycles. The van der Waals surface area contributed by atoms with Crippen LogP contribution in [0, 0.1) is 0 Å². The first-order valence-electron chi connectivity index (χ1n) is 28.3. The third-order valence-corrected chi connectivity index (χ3v) is 17.1. The van der Waals surface area contributed by atoms with Crippen molar-refractivity contribution in [3.05, 3.63) is 304 Å². The number of rotatable bonds is 8. The number of para-hydroxylation sites is 3. The molecule has 0 aliphatic heterocycles. The van der Waals surface area contributed by atoms with E-state index < -0.39 is 0 Å². The zero-order valence-electron chi connectivity index (χ0n) is 46.6. The number of pyridine rings is 2. The SMILES string of the molecule is Brc1ccccc1Cc1nc2c3ccccc3n(-c3cc(-c4ccccc4)nc(-c4ccccc4)n3)c2c2ccccc12.Clc1nc2c3ccccc3n(-c3cc(-c4ccccc4)nc(-c4ccccc4)n3)c2c2ccccc12.Nc1ccccc1Br. The van der Waals surface area contributed by atoms with Crippen molar-refractivity contribution in [2.45, 2.75) is 6.42 Å². The van der Waals surface area contributed by atoms with E-state index in [1.807, 2.05) is 146 Å². The predicted octanol–water partition coefficient (Wildman–Crippen LogP) is 19.9. The highest BCUT2D eigenvalue weighted by Crippen LogP contribution is 2.41. The number of nitrogens with zero attached hydrogens (tertiary/aromatic N) is 8. The van der Waals surface area contributed by atoms with Gasteiger partial charge in [-0.3, -0.25) is 9.13 Å². The van der Waals surface area contributed by atoms with E-state index in [0.29, 0.717) is 16.8 Å². The van der Waals surface area contributed by atoms with Gasteiger partial charge in [-0.2, -0.15) is 0 Å². The summed E-state index contributed by atoms with van der Waals surface area (Å²) in [5.41, 5.74) is 20.2. The maximum Gasteiger partial charge on any atom is 0.162 e. The van der Waals surface area contributed by atoms with Gasteiger partial charge in [0, 0.05) is 87.8 Å². The van der Waals surface area contributed by atoms with Gasteiger partial charge in [-0.1, -0.05) is 264 Å². The monoisotopic (exact) mass is 1270 g/mol. The van der Waals surface area contributed by atoms with Crippen molar-refractivity contribution in [2.75, 3.05) is 5.73 Å². The van der Waals surface area contributed by atoms with Crippen LogP contribution in [-0.2, 0) is 6.42 Å². The lowest BCUT2D eigenvalue weighted by Gasteiger charge is -2.14. The Bertz CT molecular complexity index is 5060. The van der Waals surface area contributed by atoms with Crippen LogP contribution in [-0.4, -0.2) is 39.0 Å². The Labute approximate surface area is 523 Å². The molecule has 0 aliphatic carbocycles. The van der Waals surface area contributed by atoms with Gasteiger partial charge in [-0.15, -0.1) is 0 Å². The Morgan fingerprint density at radius 1 is 0.345 bits per heavy atom. The van der Waals surface area contributed by atoms with Gasteiger partial charge in [-0.05, 0) is 51.8 Å². The maximum absolute atomic E-state index is 6.66. The van der Waals surface area contributed by atoms with Crippen LogP contribution in [0.25, 0.3) is 122 Å². The van der Waals surface area contributed by atoms with Crippen LogP contribution in [0.4, 0.5) is 5.69 Å². The molecule has 0 radical (unpaired) electrons. The molecular weight excluding hydrogens is 1220 g/mol. The molecule has 12 heteroatoms. The van der Waals surface area contributed by atoms with Crippen molar-refractivity contribution < 1.29 is 0 Å². The first-order chi connectivity index (χ1) is 42.8. The fourth-order valence-electron chi connectivity index (χ4n) is 11.3. The molecule has 416 valence electrons.